The summed E-state index contributed by atoms with van der Waals surface area (Å²) in [6, 6.07) is 0. The van der Waals surface area contributed by atoms with Crippen LogP contribution >= 0.6 is 0 Å². The number of likely N-dealkylation sites (tertiary alicyclic amines) is 1. The van der Waals surface area contributed by atoms with Crippen molar-refractivity contribution in [3.8, 4) is 0 Å². The molecular weight excluding hydrogens is 210 g/mol. The van der Waals surface area contributed by atoms with Crippen LogP contribution in [-0.4, -0.2) is 35.7 Å². The van der Waals surface area contributed by atoms with Crippen LogP contribution in [0.25, 0.3) is 0 Å². The smallest absolute Gasteiger partial charge is 0.0669 e. The van der Waals surface area contributed by atoms with E-state index in [2.05, 4.69) is 18.7 Å². The summed E-state index contributed by atoms with van der Waals surface area (Å²) in [5.41, 5.74) is 0.647. The number of nitrogens with zero attached hydrogens (tertiary/aromatic N) is 1. The lowest BCUT2D eigenvalue weighted by Crippen LogP contribution is -2.57. The molecule has 2 nitrogen and oxygen atoms in total. The molecule has 1 N–H and O–H groups in total. The maximum Gasteiger partial charge on any atom is 0.0669 e. The molecule has 100 valence electrons. The van der Waals surface area contributed by atoms with Crippen LogP contribution in [0.3, 0.4) is 0 Å². The zero-order valence-corrected chi connectivity index (χ0v) is 11.6. The molecule has 1 atom stereocenters. The van der Waals surface area contributed by atoms with Crippen molar-refractivity contribution in [2.75, 3.05) is 19.6 Å². The number of rotatable bonds is 4. The van der Waals surface area contributed by atoms with E-state index in [0.29, 0.717) is 11.3 Å². The predicted molar refractivity (Wildman–Crippen MR) is 72.0 cm³/mol. The van der Waals surface area contributed by atoms with Gasteiger partial charge in [-0.1, -0.05) is 39.5 Å². The van der Waals surface area contributed by atoms with Crippen LogP contribution in [0.2, 0.25) is 0 Å². The Bertz CT molecular complexity index is 223. The van der Waals surface area contributed by atoms with Gasteiger partial charge < -0.3 is 5.11 Å². The van der Waals surface area contributed by atoms with Gasteiger partial charge in [-0.05, 0) is 30.6 Å². The summed E-state index contributed by atoms with van der Waals surface area (Å²) in [6.45, 7) is 7.78. The van der Waals surface area contributed by atoms with Gasteiger partial charge in [0.1, 0.15) is 0 Å². The standard InChI is InChI=1S/C15H29NO/c1-13(2)9-14(17)10-16-11-15(12-16)7-5-3-4-6-8-15/h13-14,17H,3-12H2,1-2H3. The summed E-state index contributed by atoms with van der Waals surface area (Å²) in [7, 11) is 0. The van der Waals surface area contributed by atoms with Crippen molar-refractivity contribution in [3.63, 3.8) is 0 Å². The van der Waals surface area contributed by atoms with Gasteiger partial charge in [0, 0.05) is 19.6 Å². The van der Waals surface area contributed by atoms with Crippen molar-refractivity contribution in [1.82, 2.24) is 4.90 Å². The highest BCUT2D eigenvalue weighted by Gasteiger charge is 2.42. The number of β-amino-alcohol motifs (C(OH)–C–C–N with tert-alkyl or cyclic N) is 1. The average Bonchev–Trinajstić information content (AvgIpc) is 2.41. The highest BCUT2D eigenvalue weighted by Crippen LogP contribution is 2.42. The van der Waals surface area contributed by atoms with Crippen LogP contribution in [0, 0.1) is 11.3 Å². The molecule has 2 rings (SSSR count). The minimum absolute atomic E-state index is 0.113. The number of aliphatic hydroxyl groups excluding tert-OH is 1. The number of hydrogen-bond acceptors (Lipinski definition) is 2. The normalized spacial score (nSPS) is 26.8. The topological polar surface area (TPSA) is 23.5 Å². The highest BCUT2D eigenvalue weighted by atomic mass is 16.3. The van der Waals surface area contributed by atoms with Crippen LogP contribution in [0.1, 0.15) is 58.8 Å². The Morgan fingerprint density at radius 3 is 2.18 bits per heavy atom. The van der Waals surface area contributed by atoms with Crippen LogP contribution in [0.15, 0.2) is 0 Å². The fourth-order valence-corrected chi connectivity index (χ4v) is 3.74. The van der Waals surface area contributed by atoms with Crippen LogP contribution in [0.5, 0.6) is 0 Å². The highest BCUT2D eigenvalue weighted by molar-refractivity contribution is 4.96. The van der Waals surface area contributed by atoms with Gasteiger partial charge in [-0.15, -0.1) is 0 Å². The molecule has 1 aliphatic heterocycles. The summed E-state index contributed by atoms with van der Waals surface area (Å²) in [5, 5.41) is 9.96. The number of hydrogen-bond donors (Lipinski definition) is 1. The first-order valence-corrected chi connectivity index (χ1v) is 7.50. The van der Waals surface area contributed by atoms with Gasteiger partial charge >= 0.3 is 0 Å². The molecule has 1 unspecified atom stereocenters. The molecule has 1 saturated heterocycles. The zero-order valence-electron chi connectivity index (χ0n) is 11.6. The van der Waals surface area contributed by atoms with Crippen molar-refractivity contribution in [1.29, 1.82) is 0 Å². The lowest BCUT2D eigenvalue weighted by molar-refractivity contribution is -0.0397. The molecule has 0 aromatic heterocycles. The fraction of sp³-hybridized carbons (Fsp3) is 1.00. The lowest BCUT2D eigenvalue weighted by Gasteiger charge is -2.51. The molecule has 0 aromatic carbocycles. The van der Waals surface area contributed by atoms with Crippen molar-refractivity contribution in [2.24, 2.45) is 11.3 Å². The molecule has 1 saturated carbocycles. The first-order valence-electron chi connectivity index (χ1n) is 7.50. The summed E-state index contributed by atoms with van der Waals surface area (Å²) in [6.07, 6.45) is 9.45. The third-order valence-corrected chi connectivity index (χ3v) is 4.49. The van der Waals surface area contributed by atoms with Crippen LogP contribution in [0.4, 0.5) is 0 Å². The van der Waals surface area contributed by atoms with Gasteiger partial charge in [-0.2, -0.15) is 0 Å². The van der Waals surface area contributed by atoms with Crippen LogP contribution in [-0.2, 0) is 0 Å². The zero-order chi connectivity index (χ0) is 12.3. The Morgan fingerprint density at radius 1 is 1.06 bits per heavy atom. The SMILES string of the molecule is CC(C)CC(O)CN1CC2(CCCCCC2)C1. The largest absolute Gasteiger partial charge is 0.392 e. The van der Waals surface area contributed by atoms with E-state index in [0.717, 1.165) is 13.0 Å². The first kappa shape index (κ1) is 13.4. The summed E-state index contributed by atoms with van der Waals surface area (Å²) in [5.74, 6) is 0.609. The van der Waals surface area contributed by atoms with E-state index in [4.69, 9.17) is 0 Å². The lowest BCUT2D eigenvalue weighted by atomic mass is 9.73. The Hall–Kier alpha value is -0.0800. The Balaban J connectivity index is 1.70. The predicted octanol–water partition coefficient (Wildman–Crippen LogP) is 3.05. The van der Waals surface area contributed by atoms with E-state index < -0.39 is 0 Å². The Labute approximate surface area is 106 Å². The van der Waals surface area contributed by atoms with E-state index >= 15 is 0 Å². The molecule has 0 amide bonds. The quantitative estimate of drug-likeness (QED) is 0.815. The molecule has 1 aliphatic carbocycles. The molecule has 1 heterocycles. The van der Waals surface area contributed by atoms with E-state index in [1.807, 2.05) is 0 Å². The summed E-state index contributed by atoms with van der Waals surface area (Å²) in [4.78, 5) is 2.47. The molecule has 2 heteroatoms. The molecular formula is C15H29NO. The van der Waals surface area contributed by atoms with Crippen molar-refractivity contribution < 1.29 is 5.11 Å². The van der Waals surface area contributed by atoms with Gasteiger partial charge in [-0.3, -0.25) is 4.90 Å². The minimum Gasteiger partial charge on any atom is -0.392 e. The number of aliphatic hydroxyl groups is 1. The van der Waals surface area contributed by atoms with E-state index in [9.17, 15) is 5.11 Å². The fourth-order valence-electron chi connectivity index (χ4n) is 3.74. The van der Waals surface area contributed by atoms with Gasteiger partial charge in [0.15, 0.2) is 0 Å². The Morgan fingerprint density at radius 2 is 1.65 bits per heavy atom. The van der Waals surface area contributed by atoms with Crippen LogP contribution < -0.4 is 0 Å². The molecule has 0 aromatic rings. The van der Waals surface area contributed by atoms with E-state index in [-0.39, 0.29) is 6.10 Å². The van der Waals surface area contributed by atoms with Gasteiger partial charge in [0.25, 0.3) is 0 Å². The molecule has 2 aliphatic rings. The maximum atomic E-state index is 9.96. The molecule has 2 fully saturated rings. The van der Waals surface area contributed by atoms with Crippen molar-refractivity contribution in [3.05, 3.63) is 0 Å². The molecule has 0 radical (unpaired) electrons. The maximum absolute atomic E-state index is 9.96. The van der Waals surface area contributed by atoms with E-state index in [1.54, 1.807) is 0 Å². The second kappa shape index (κ2) is 5.71. The van der Waals surface area contributed by atoms with Gasteiger partial charge in [-0.25, -0.2) is 0 Å². The third kappa shape index (κ3) is 3.69. The Kier molecular flexibility index (Phi) is 4.48. The van der Waals surface area contributed by atoms with Crippen molar-refractivity contribution in [2.45, 2.75) is 64.9 Å². The average molecular weight is 239 g/mol. The molecule has 1 spiro atoms. The minimum atomic E-state index is -0.113. The third-order valence-electron chi connectivity index (χ3n) is 4.49. The van der Waals surface area contributed by atoms with Gasteiger partial charge in [0.2, 0.25) is 0 Å². The van der Waals surface area contributed by atoms with E-state index in [1.165, 1.54) is 51.6 Å². The second-order valence-electron chi connectivity index (χ2n) is 6.87. The summed E-state index contributed by atoms with van der Waals surface area (Å²) < 4.78 is 0. The second-order valence-corrected chi connectivity index (χ2v) is 6.87. The van der Waals surface area contributed by atoms with Crippen molar-refractivity contribution >= 4 is 0 Å². The first-order chi connectivity index (χ1) is 8.10. The molecule has 0 bridgehead atoms. The van der Waals surface area contributed by atoms with Gasteiger partial charge in [0.05, 0.1) is 6.10 Å². The summed E-state index contributed by atoms with van der Waals surface area (Å²) >= 11 is 0. The molecule has 17 heavy (non-hydrogen) atoms. The monoisotopic (exact) mass is 239 g/mol.